The Morgan fingerprint density at radius 2 is 1.24 bits per heavy atom. The summed E-state index contributed by atoms with van der Waals surface area (Å²) in [6, 6.07) is 0. The molecule has 0 atom stereocenters. The molecule has 0 heterocycles. The van der Waals surface area contributed by atoms with Crippen LogP contribution in [0.2, 0.25) is 0 Å². The number of hydrogen-bond acceptors (Lipinski definition) is 1. The van der Waals surface area contributed by atoms with Crippen molar-refractivity contribution in [2.75, 3.05) is 5.75 Å². The number of thioether (sulfide) groups is 1. The highest BCUT2D eigenvalue weighted by Crippen LogP contribution is 2.42. The summed E-state index contributed by atoms with van der Waals surface area (Å²) in [6.45, 7) is 16.6. The maximum absolute atomic E-state index is 2.38. The molecule has 0 amide bonds. The largest absolute Gasteiger partial charge is 0.157 e. The third-order valence-corrected chi connectivity index (χ3v) is 5.38. The lowest BCUT2D eigenvalue weighted by Crippen LogP contribution is -2.35. The van der Waals surface area contributed by atoms with Crippen LogP contribution in [0.15, 0.2) is 0 Å². The summed E-state index contributed by atoms with van der Waals surface area (Å²) in [5.74, 6) is 1.34. The molecule has 0 radical (unpaired) electrons. The molecule has 0 saturated heterocycles. The molecule has 104 valence electrons. The van der Waals surface area contributed by atoms with Gasteiger partial charge in [0.15, 0.2) is 0 Å². The van der Waals surface area contributed by atoms with E-state index in [1.54, 1.807) is 0 Å². The minimum atomic E-state index is 0.409. The zero-order chi connectivity index (χ0) is 13.5. The van der Waals surface area contributed by atoms with Gasteiger partial charge < -0.3 is 0 Å². The second kappa shape index (κ2) is 7.71. The maximum Gasteiger partial charge on any atom is 0.0144 e. The molecular weight excluding hydrogens is 224 g/mol. The molecule has 0 rings (SSSR count). The quantitative estimate of drug-likeness (QED) is 0.493. The molecule has 0 aliphatic rings. The first-order valence-corrected chi connectivity index (χ1v) is 8.36. The summed E-state index contributed by atoms with van der Waals surface area (Å²) in [7, 11) is 0. The van der Waals surface area contributed by atoms with Gasteiger partial charge in [0.1, 0.15) is 0 Å². The highest BCUT2D eigenvalue weighted by Gasteiger charge is 2.34. The van der Waals surface area contributed by atoms with Crippen molar-refractivity contribution in [1.82, 2.24) is 0 Å². The summed E-state index contributed by atoms with van der Waals surface area (Å²) >= 11 is 2.19. The molecule has 1 heteroatoms. The Balaban J connectivity index is 3.95. The van der Waals surface area contributed by atoms with E-state index in [-0.39, 0.29) is 0 Å². The third-order valence-electron chi connectivity index (χ3n) is 3.11. The van der Waals surface area contributed by atoms with Crippen LogP contribution in [0.5, 0.6) is 0 Å². The first kappa shape index (κ1) is 17.4. The molecule has 0 unspecified atom stereocenters. The van der Waals surface area contributed by atoms with Crippen LogP contribution in [-0.2, 0) is 0 Å². The summed E-state index contributed by atoms with van der Waals surface area (Å²) in [4.78, 5) is 0. The lowest BCUT2D eigenvalue weighted by Gasteiger charge is -2.40. The Kier molecular flexibility index (Phi) is 7.87. The van der Waals surface area contributed by atoms with Crippen LogP contribution >= 0.6 is 11.8 Å². The Hall–Kier alpha value is 0.350. The lowest BCUT2D eigenvalue weighted by molar-refractivity contribution is 0.249. The molecule has 0 aliphatic heterocycles. The monoisotopic (exact) mass is 258 g/mol. The van der Waals surface area contributed by atoms with Crippen LogP contribution in [0.1, 0.15) is 80.6 Å². The van der Waals surface area contributed by atoms with Crippen LogP contribution < -0.4 is 0 Å². The highest BCUT2D eigenvalue weighted by atomic mass is 32.2. The summed E-state index contributed by atoms with van der Waals surface area (Å²) in [5, 5.41) is 0.751. The first-order valence-electron chi connectivity index (χ1n) is 7.31. The fourth-order valence-electron chi connectivity index (χ4n) is 2.71. The molecule has 0 saturated carbocycles. The fourth-order valence-corrected chi connectivity index (χ4v) is 4.31. The summed E-state index contributed by atoms with van der Waals surface area (Å²) in [6.07, 6.45) is 6.99. The maximum atomic E-state index is 2.38. The number of unbranched alkanes of at least 4 members (excludes halogenated alkanes) is 4. The fraction of sp³-hybridized carbons (Fsp3) is 1.00. The van der Waals surface area contributed by atoms with E-state index in [4.69, 9.17) is 0 Å². The molecule has 0 aromatic heterocycles. The molecule has 0 N–H and O–H groups in total. The van der Waals surface area contributed by atoms with Crippen molar-refractivity contribution in [3.05, 3.63) is 0 Å². The van der Waals surface area contributed by atoms with Gasteiger partial charge in [-0.1, -0.05) is 74.1 Å². The Morgan fingerprint density at radius 3 is 1.65 bits per heavy atom. The van der Waals surface area contributed by atoms with Gasteiger partial charge in [-0.2, -0.15) is 11.8 Å². The van der Waals surface area contributed by atoms with Gasteiger partial charge in [-0.25, -0.2) is 0 Å². The zero-order valence-corrected chi connectivity index (χ0v) is 14.0. The third kappa shape index (κ3) is 8.13. The Labute approximate surface area is 114 Å². The van der Waals surface area contributed by atoms with Crippen molar-refractivity contribution in [2.45, 2.75) is 85.8 Å². The molecule has 0 spiro atoms. The zero-order valence-electron chi connectivity index (χ0n) is 13.2. The van der Waals surface area contributed by atoms with Crippen LogP contribution in [0.3, 0.4) is 0 Å². The van der Waals surface area contributed by atoms with Gasteiger partial charge in [0, 0.05) is 5.25 Å². The van der Waals surface area contributed by atoms with Gasteiger partial charge in [-0.15, -0.1) is 0 Å². The first-order chi connectivity index (χ1) is 7.69. The minimum Gasteiger partial charge on any atom is -0.157 e. The standard InChI is InChI=1S/C16H34S/c1-8-9-10-11-12-13-17-14(15(2,3)4)16(5,6)7/h14H,8-13H2,1-7H3. The van der Waals surface area contributed by atoms with Crippen LogP contribution in [-0.4, -0.2) is 11.0 Å². The molecule has 0 aromatic carbocycles. The molecule has 0 bridgehead atoms. The van der Waals surface area contributed by atoms with Crippen molar-refractivity contribution in [2.24, 2.45) is 10.8 Å². The topological polar surface area (TPSA) is 0 Å². The van der Waals surface area contributed by atoms with E-state index in [1.807, 2.05) is 0 Å². The van der Waals surface area contributed by atoms with E-state index in [1.165, 1.54) is 37.9 Å². The van der Waals surface area contributed by atoms with Gasteiger partial charge >= 0.3 is 0 Å². The van der Waals surface area contributed by atoms with Crippen LogP contribution in [0.4, 0.5) is 0 Å². The van der Waals surface area contributed by atoms with E-state index >= 15 is 0 Å². The molecule has 17 heavy (non-hydrogen) atoms. The number of hydrogen-bond donors (Lipinski definition) is 0. The smallest absolute Gasteiger partial charge is 0.0144 e. The lowest BCUT2D eigenvalue weighted by atomic mass is 9.77. The molecule has 0 aliphatic carbocycles. The van der Waals surface area contributed by atoms with E-state index in [0.29, 0.717) is 10.8 Å². The number of rotatable bonds is 7. The van der Waals surface area contributed by atoms with Crippen LogP contribution in [0, 0.1) is 10.8 Å². The SMILES string of the molecule is CCCCCCCSC(C(C)(C)C)C(C)(C)C. The summed E-state index contributed by atoms with van der Waals surface area (Å²) in [5.41, 5.74) is 0.818. The van der Waals surface area contributed by atoms with Gasteiger partial charge in [0.25, 0.3) is 0 Å². The average Bonchev–Trinajstić information content (AvgIpc) is 2.12. The van der Waals surface area contributed by atoms with E-state index in [9.17, 15) is 0 Å². The predicted octanol–water partition coefficient (Wildman–Crippen LogP) is 6.15. The second-order valence-electron chi connectivity index (χ2n) is 7.40. The van der Waals surface area contributed by atoms with Crippen molar-refractivity contribution in [3.8, 4) is 0 Å². The van der Waals surface area contributed by atoms with Crippen molar-refractivity contribution >= 4 is 11.8 Å². The van der Waals surface area contributed by atoms with Crippen LogP contribution in [0.25, 0.3) is 0 Å². The molecular formula is C16H34S. The highest BCUT2D eigenvalue weighted by molar-refractivity contribution is 7.99. The second-order valence-corrected chi connectivity index (χ2v) is 8.61. The van der Waals surface area contributed by atoms with E-state index in [2.05, 4.69) is 60.2 Å². The normalized spacial score (nSPS) is 13.4. The molecule has 0 aromatic rings. The molecule has 0 fully saturated rings. The molecule has 0 nitrogen and oxygen atoms in total. The minimum absolute atomic E-state index is 0.409. The van der Waals surface area contributed by atoms with Gasteiger partial charge in [0.05, 0.1) is 0 Å². The Morgan fingerprint density at radius 1 is 0.765 bits per heavy atom. The average molecular weight is 259 g/mol. The van der Waals surface area contributed by atoms with Gasteiger partial charge in [0.2, 0.25) is 0 Å². The summed E-state index contributed by atoms with van der Waals surface area (Å²) < 4.78 is 0. The van der Waals surface area contributed by atoms with Crippen molar-refractivity contribution in [1.29, 1.82) is 0 Å². The van der Waals surface area contributed by atoms with Gasteiger partial charge in [-0.3, -0.25) is 0 Å². The van der Waals surface area contributed by atoms with Gasteiger partial charge in [-0.05, 0) is 23.0 Å². The van der Waals surface area contributed by atoms with Crippen molar-refractivity contribution < 1.29 is 0 Å². The van der Waals surface area contributed by atoms with E-state index < -0.39 is 0 Å². The van der Waals surface area contributed by atoms with Crippen molar-refractivity contribution in [3.63, 3.8) is 0 Å². The predicted molar refractivity (Wildman–Crippen MR) is 83.9 cm³/mol. The Bertz CT molecular complexity index is 169. The van der Waals surface area contributed by atoms with E-state index in [0.717, 1.165) is 5.25 Å².